The zero-order valence-corrected chi connectivity index (χ0v) is 10.7. The molecule has 1 atom stereocenters. The molecular weight excluding hydrogens is 249 g/mol. The average Bonchev–Trinajstić information content (AvgIpc) is 3.23. The van der Waals surface area contributed by atoms with Gasteiger partial charge in [0.15, 0.2) is 0 Å². The van der Waals surface area contributed by atoms with Crippen LogP contribution < -0.4 is 5.32 Å². The van der Waals surface area contributed by atoms with Gasteiger partial charge >= 0.3 is 5.97 Å². The zero-order valence-electron chi connectivity index (χ0n) is 10.7. The van der Waals surface area contributed by atoms with Crippen LogP contribution in [0.25, 0.3) is 0 Å². The lowest BCUT2D eigenvalue weighted by Crippen LogP contribution is -2.31. The lowest BCUT2D eigenvalue weighted by Gasteiger charge is -2.18. The summed E-state index contributed by atoms with van der Waals surface area (Å²) in [5.74, 6) is -0.765. The molecule has 0 aliphatic heterocycles. The minimum atomic E-state index is -0.471. The molecule has 0 unspecified atom stereocenters. The summed E-state index contributed by atoms with van der Waals surface area (Å²) in [6.07, 6.45) is 1.82. The van der Waals surface area contributed by atoms with Crippen molar-refractivity contribution < 1.29 is 18.7 Å². The number of ether oxygens (including phenoxy) is 1. The predicted octanol–water partition coefficient (Wildman–Crippen LogP) is 1.96. The van der Waals surface area contributed by atoms with E-state index < -0.39 is 12.0 Å². The molecule has 1 aromatic carbocycles. The fourth-order valence-electron chi connectivity index (χ4n) is 1.83. The summed E-state index contributed by atoms with van der Waals surface area (Å²) in [5.41, 5.74) is 0.695. The summed E-state index contributed by atoms with van der Waals surface area (Å²) in [7, 11) is 1.30. The Labute approximate surface area is 110 Å². The van der Waals surface area contributed by atoms with E-state index >= 15 is 0 Å². The topological polar surface area (TPSA) is 55.4 Å². The van der Waals surface area contributed by atoms with Gasteiger partial charge < -0.3 is 10.1 Å². The molecule has 1 N–H and O–H groups in total. The van der Waals surface area contributed by atoms with Crippen LogP contribution in [0.5, 0.6) is 0 Å². The summed E-state index contributed by atoms with van der Waals surface area (Å²) in [4.78, 5) is 23.2. The number of carbonyl (C=O) groups is 2. The molecule has 0 spiro atoms. The molecule has 0 saturated heterocycles. The van der Waals surface area contributed by atoms with E-state index in [0.29, 0.717) is 5.56 Å². The van der Waals surface area contributed by atoms with Gasteiger partial charge in [0.1, 0.15) is 5.82 Å². The van der Waals surface area contributed by atoms with E-state index in [1.807, 2.05) is 0 Å². The number of hydrogen-bond acceptors (Lipinski definition) is 3. The van der Waals surface area contributed by atoms with Crippen LogP contribution in [0, 0.1) is 11.7 Å². The van der Waals surface area contributed by atoms with Crippen LogP contribution in [0.4, 0.5) is 4.39 Å². The van der Waals surface area contributed by atoms with Crippen molar-refractivity contribution in [1.82, 2.24) is 5.32 Å². The van der Waals surface area contributed by atoms with E-state index in [4.69, 9.17) is 0 Å². The predicted molar refractivity (Wildman–Crippen MR) is 66.6 cm³/mol. The monoisotopic (exact) mass is 265 g/mol. The first kappa shape index (κ1) is 13.5. The fraction of sp³-hybridized carbons (Fsp3) is 0.429. The van der Waals surface area contributed by atoms with Gasteiger partial charge in [-0.15, -0.1) is 0 Å². The summed E-state index contributed by atoms with van der Waals surface area (Å²) in [5, 5.41) is 2.82. The van der Waals surface area contributed by atoms with Crippen LogP contribution in [0.3, 0.4) is 0 Å². The van der Waals surface area contributed by atoms with Gasteiger partial charge in [0.2, 0.25) is 5.91 Å². The molecule has 5 heteroatoms. The quantitative estimate of drug-likeness (QED) is 0.828. The molecule has 0 aromatic heterocycles. The van der Waals surface area contributed by atoms with E-state index in [9.17, 15) is 14.0 Å². The maximum absolute atomic E-state index is 12.9. The second kappa shape index (κ2) is 5.82. The molecule has 1 fully saturated rings. The van der Waals surface area contributed by atoms with Crippen LogP contribution in [-0.2, 0) is 14.3 Å². The Morgan fingerprint density at radius 2 is 2.00 bits per heavy atom. The number of esters is 1. The molecule has 0 radical (unpaired) electrons. The van der Waals surface area contributed by atoms with Crippen molar-refractivity contribution in [3.63, 3.8) is 0 Å². The maximum Gasteiger partial charge on any atom is 0.307 e. The van der Waals surface area contributed by atoms with E-state index in [1.165, 1.54) is 19.2 Å². The first-order chi connectivity index (χ1) is 9.10. The van der Waals surface area contributed by atoms with Gasteiger partial charge in [0, 0.05) is 5.92 Å². The zero-order chi connectivity index (χ0) is 13.8. The minimum Gasteiger partial charge on any atom is -0.469 e. The smallest absolute Gasteiger partial charge is 0.307 e. The molecule has 1 saturated carbocycles. The Bertz CT molecular complexity index is 468. The van der Waals surface area contributed by atoms with Crippen LogP contribution in [0.2, 0.25) is 0 Å². The third-order valence-corrected chi connectivity index (χ3v) is 3.14. The van der Waals surface area contributed by atoms with Gasteiger partial charge in [-0.3, -0.25) is 9.59 Å². The van der Waals surface area contributed by atoms with Gasteiger partial charge in [-0.05, 0) is 30.5 Å². The first-order valence-corrected chi connectivity index (χ1v) is 6.23. The highest BCUT2D eigenvalue weighted by Crippen LogP contribution is 2.30. The molecule has 2 rings (SSSR count). The van der Waals surface area contributed by atoms with Gasteiger partial charge in [0.05, 0.1) is 19.6 Å². The van der Waals surface area contributed by atoms with Crippen LogP contribution in [0.1, 0.15) is 30.9 Å². The Kier molecular flexibility index (Phi) is 4.14. The summed E-state index contributed by atoms with van der Waals surface area (Å²) in [6.45, 7) is 0. The number of carbonyl (C=O) groups excluding carboxylic acids is 2. The first-order valence-electron chi connectivity index (χ1n) is 6.23. The van der Waals surface area contributed by atoms with Gasteiger partial charge in [-0.2, -0.15) is 0 Å². The average molecular weight is 265 g/mol. The lowest BCUT2D eigenvalue weighted by molar-refractivity contribution is -0.141. The van der Waals surface area contributed by atoms with Crippen molar-refractivity contribution in [2.45, 2.75) is 25.3 Å². The normalized spacial score (nSPS) is 15.7. The number of halogens is 1. The molecule has 102 valence electrons. The van der Waals surface area contributed by atoms with Crippen molar-refractivity contribution >= 4 is 11.9 Å². The van der Waals surface area contributed by atoms with E-state index in [0.717, 1.165) is 12.8 Å². The summed E-state index contributed by atoms with van der Waals surface area (Å²) >= 11 is 0. The Hall–Kier alpha value is -1.91. The summed E-state index contributed by atoms with van der Waals surface area (Å²) < 4.78 is 17.5. The molecule has 19 heavy (non-hydrogen) atoms. The van der Waals surface area contributed by atoms with Crippen LogP contribution in [-0.4, -0.2) is 19.0 Å². The van der Waals surface area contributed by atoms with E-state index in [1.54, 1.807) is 12.1 Å². The molecule has 1 aliphatic rings. The highest BCUT2D eigenvalue weighted by Gasteiger charge is 2.31. The Morgan fingerprint density at radius 3 is 2.53 bits per heavy atom. The molecule has 0 heterocycles. The molecule has 1 aliphatic carbocycles. The Balaban J connectivity index is 2.09. The number of benzene rings is 1. The molecule has 0 bridgehead atoms. The standard InChI is InChI=1S/C14H16FNO3/c1-19-13(17)8-12(16-14(18)10-2-3-10)9-4-6-11(15)7-5-9/h4-7,10,12H,2-3,8H2,1H3,(H,16,18)/t12-/m0/s1. The molecule has 1 aromatic rings. The van der Waals surface area contributed by atoms with Crippen LogP contribution in [0.15, 0.2) is 24.3 Å². The largest absolute Gasteiger partial charge is 0.469 e. The van der Waals surface area contributed by atoms with Crippen molar-refractivity contribution in [2.24, 2.45) is 5.92 Å². The van der Waals surface area contributed by atoms with Crippen molar-refractivity contribution in [2.75, 3.05) is 7.11 Å². The number of methoxy groups -OCH3 is 1. The van der Waals surface area contributed by atoms with E-state index in [-0.39, 0.29) is 24.1 Å². The van der Waals surface area contributed by atoms with Crippen molar-refractivity contribution in [3.05, 3.63) is 35.6 Å². The SMILES string of the molecule is COC(=O)C[C@H](NC(=O)C1CC1)c1ccc(F)cc1. The molecule has 1 amide bonds. The van der Waals surface area contributed by atoms with E-state index in [2.05, 4.69) is 10.1 Å². The number of nitrogens with one attached hydrogen (secondary N) is 1. The highest BCUT2D eigenvalue weighted by molar-refractivity contribution is 5.82. The third-order valence-electron chi connectivity index (χ3n) is 3.14. The second-order valence-corrected chi connectivity index (χ2v) is 4.67. The fourth-order valence-corrected chi connectivity index (χ4v) is 1.83. The number of hydrogen-bond donors (Lipinski definition) is 1. The van der Waals surface area contributed by atoms with Crippen LogP contribution >= 0.6 is 0 Å². The van der Waals surface area contributed by atoms with Gasteiger partial charge in [-0.25, -0.2) is 4.39 Å². The molecule has 4 nitrogen and oxygen atoms in total. The maximum atomic E-state index is 12.9. The third kappa shape index (κ3) is 3.77. The summed E-state index contributed by atoms with van der Waals surface area (Å²) in [6, 6.07) is 5.28. The Morgan fingerprint density at radius 1 is 1.37 bits per heavy atom. The number of rotatable bonds is 5. The lowest BCUT2D eigenvalue weighted by atomic mass is 10.0. The van der Waals surface area contributed by atoms with Crippen molar-refractivity contribution in [3.8, 4) is 0 Å². The highest BCUT2D eigenvalue weighted by atomic mass is 19.1. The van der Waals surface area contributed by atoms with Gasteiger partial charge in [0.25, 0.3) is 0 Å². The minimum absolute atomic E-state index is 0.0423. The number of amides is 1. The second-order valence-electron chi connectivity index (χ2n) is 4.67. The molecular formula is C14H16FNO3. The van der Waals surface area contributed by atoms with Gasteiger partial charge in [-0.1, -0.05) is 12.1 Å². The van der Waals surface area contributed by atoms with Crippen molar-refractivity contribution in [1.29, 1.82) is 0 Å².